The summed E-state index contributed by atoms with van der Waals surface area (Å²) in [5.74, 6) is 0.850. The maximum absolute atomic E-state index is 4.96. The van der Waals surface area contributed by atoms with E-state index in [1.165, 1.54) is 5.56 Å². The van der Waals surface area contributed by atoms with E-state index in [0.717, 1.165) is 17.9 Å². The van der Waals surface area contributed by atoms with Crippen LogP contribution in [0.25, 0.3) is 0 Å². The van der Waals surface area contributed by atoms with E-state index in [2.05, 4.69) is 11.4 Å². The Labute approximate surface area is 71.2 Å². The molecule has 3 nitrogen and oxygen atoms in total. The minimum atomic E-state index is 0.565. The van der Waals surface area contributed by atoms with Gasteiger partial charge in [0.2, 0.25) is 0 Å². The molecule has 0 aromatic heterocycles. The van der Waals surface area contributed by atoms with Gasteiger partial charge >= 0.3 is 0 Å². The van der Waals surface area contributed by atoms with Crippen LogP contribution < -0.4 is 10.2 Å². The molecule has 0 aliphatic carbocycles. The van der Waals surface area contributed by atoms with E-state index in [1.807, 2.05) is 19.2 Å². The summed E-state index contributed by atoms with van der Waals surface area (Å²) in [6.45, 7) is 1.42. The van der Waals surface area contributed by atoms with Gasteiger partial charge < -0.3 is 10.2 Å². The molecule has 0 saturated carbocycles. The molecule has 2 rings (SSSR count). The summed E-state index contributed by atoms with van der Waals surface area (Å²) in [6, 6.07) is 6.11. The highest BCUT2D eigenvalue weighted by Crippen LogP contribution is 2.26. The van der Waals surface area contributed by atoms with Crippen LogP contribution in [0.5, 0.6) is 5.75 Å². The van der Waals surface area contributed by atoms with Crippen LogP contribution in [0.15, 0.2) is 18.2 Å². The topological polar surface area (TPSA) is 30.5 Å². The largest absolute Gasteiger partial charge is 0.337 e. The average Bonchev–Trinajstić information content (AvgIpc) is 2.51. The highest BCUT2D eigenvalue weighted by molar-refractivity contribution is 5.38. The zero-order valence-corrected chi connectivity index (χ0v) is 6.96. The molecule has 1 aromatic carbocycles. The Balaban J connectivity index is 2.26. The molecule has 0 amide bonds. The van der Waals surface area contributed by atoms with Crippen molar-refractivity contribution in [2.75, 3.05) is 7.05 Å². The number of hydrogen-bond donors (Lipinski definition) is 1. The Kier molecular flexibility index (Phi) is 1.98. The first-order valence-electron chi connectivity index (χ1n) is 3.96. The predicted octanol–water partition coefficient (Wildman–Crippen LogP) is 1.23. The van der Waals surface area contributed by atoms with Gasteiger partial charge in [-0.25, -0.2) is 0 Å². The summed E-state index contributed by atoms with van der Waals surface area (Å²) in [6.07, 6.45) is 0. The quantitative estimate of drug-likeness (QED) is 0.668. The first kappa shape index (κ1) is 7.58. The Morgan fingerprint density at radius 1 is 1.50 bits per heavy atom. The fourth-order valence-corrected chi connectivity index (χ4v) is 1.27. The first-order valence-corrected chi connectivity index (χ1v) is 3.96. The molecular weight excluding hydrogens is 154 g/mol. The van der Waals surface area contributed by atoms with E-state index in [-0.39, 0.29) is 0 Å². The number of hydrogen-bond acceptors (Lipinski definition) is 3. The van der Waals surface area contributed by atoms with Crippen molar-refractivity contribution in [3.05, 3.63) is 29.3 Å². The maximum Gasteiger partial charge on any atom is 0.171 e. The second-order valence-electron chi connectivity index (χ2n) is 2.82. The van der Waals surface area contributed by atoms with E-state index >= 15 is 0 Å². The van der Waals surface area contributed by atoms with Crippen molar-refractivity contribution in [2.45, 2.75) is 13.2 Å². The third kappa shape index (κ3) is 1.29. The van der Waals surface area contributed by atoms with Crippen LogP contribution in [-0.4, -0.2) is 7.05 Å². The fraction of sp³-hybridized carbons (Fsp3) is 0.333. The third-order valence-corrected chi connectivity index (χ3v) is 1.88. The molecule has 0 bridgehead atoms. The van der Waals surface area contributed by atoms with Gasteiger partial charge in [0.05, 0.1) is 0 Å². The van der Waals surface area contributed by atoms with Gasteiger partial charge in [-0.1, -0.05) is 12.1 Å². The van der Waals surface area contributed by atoms with Gasteiger partial charge in [0.25, 0.3) is 0 Å². The normalized spacial score (nSPS) is 14.1. The van der Waals surface area contributed by atoms with Gasteiger partial charge in [0, 0.05) is 12.1 Å². The van der Waals surface area contributed by atoms with Crippen LogP contribution in [0, 0.1) is 0 Å². The Hall–Kier alpha value is -1.06. The fourth-order valence-electron chi connectivity index (χ4n) is 1.27. The van der Waals surface area contributed by atoms with Crippen LogP contribution in [0.4, 0.5) is 0 Å². The molecule has 0 radical (unpaired) electrons. The monoisotopic (exact) mass is 165 g/mol. The standard InChI is InChI=1S/C9H11NO2/c1-10-5-7-2-3-8-6-11-12-9(8)4-7/h2-4,10H,5-6H2,1H3. The highest BCUT2D eigenvalue weighted by atomic mass is 17.2. The number of rotatable bonds is 2. The van der Waals surface area contributed by atoms with Crippen LogP contribution in [0.2, 0.25) is 0 Å². The molecule has 12 heavy (non-hydrogen) atoms. The van der Waals surface area contributed by atoms with Crippen LogP contribution in [0.3, 0.4) is 0 Å². The van der Waals surface area contributed by atoms with Gasteiger partial charge in [0.15, 0.2) is 5.75 Å². The molecule has 1 aromatic rings. The summed E-state index contributed by atoms with van der Waals surface area (Å²) in [7, 11) is 1.92. The summed E-state index contributed by atoms with van der Waals surface area (Å²) >= 11 is 0. The summed E-state index contributed by atoms with van der Waals surface area (Å²) in [5, 5.41) is 3.08. The zero-order valence-electron chi connectivity index (χ0n) is 6.96. The van der Waals surface area contributed by atoms with Crippen molar-refractivity contribution in [3.63, 3.8) is 0 Å². The third-order valence-electron chi connectivity index (χ3n) is 1.88. The Bertz CT molecular complexity index is 286. The van der Waals surface area contributed by atoms with Crippen molar-refractivity contribution >= 4 is 0 Å². The number of nitrogens with one attached hydrogen (secondary N) is 1. The molecule has 0 saturated heterocycles. The van der Waals surface area contributed by atoms with Crippen molar-refractivity contribution in [2.24, 2.45) is 0 Å². The predicted molar refractivity (Wildman–Crippen MR) is 44.6 cm³/mol. The Morgan fingerprint density at radius 3 is 3.25 bits per heavy atom. The van der Waals surface area contributed by atoms with E-state index in [0.29, 0.717) is 6.61 Å². The van der Waals surface area contributed by atoms with Gasteiger partial charge in [-0.05, 0) is 18.7 Å². The second-order valence-corrected chi connectivity index (χ2v) is 2.82. The van der Waals surface area contributed by atoms with Crippen molar-refractivity contribution < 1.29 is 9.78 Å². The number of fused-ring (bicyclic) bond motifs is 1. The maximum atomic E-state index is 4.96. The molecular formula is C9H11NO2. The average molecular weight is 165 g/mol. The van der Waals surface area contributed by atoms with Gasteiger partial charge in [-0.3, -0.25) is 0 Å². The summed E-state index contributed by atoms with van der Waals surface area (Å²) < 4.78 is 0. The van der Waals surface area contributed by atoms with E-state index in [1.54, 1.807) is 0 Å². The minimum Gasteiger partial charge on any atom is -0.337 e. The Morgan fingerprint density at radius 2 is 2.42 bits per heavy atom. The highest BCUT2D eigenvalue weighted by Gasteiger charge is 2.13. The van der Waals surface area contributed by atoms with Crippen LogP contribution in [0.1, 0.15) is 11.1 Å². The summed E-state index contributed by atoms with van der Waals surface area (Å²) in [5.41, 5.74) is 2.33. The lowest BCUT2D eigenvalue weighted by Crippen LogP contribution is -2.04. The van der Waals surface area contributed by atoms with Gasteiger partial charge in [-0.15, -0.1) is 0 Å². The SMILES string of the molecule is CNCc1ccc2c(c1)OOC2. The molecule has 1 N–H and O–H groups in total. The van der Waals surface area contributed by atoms with Crippen molar-refractivity contribution in [1.82, 2.24) is 5.32 Å². The van der Waals surface area contributed by atoms with Crippen LogP contribution in [-0.2, 0) is 18.0 Å². The molecule has 64 valence electrons. The molecule has 1 heterocycles. The second kappa shape index (κ2) is 3.13. The summed E-state index contributed by atoms with van der Waals surface area (Å²) in [4.78, 5) is 9.79. The molecule has 0 unspecified atom stereocenters. The molecule has 3 heteroatoms. The number of benzene rings is 1. The van der Waals surface area contributed by atoms with Crippen molar-refractivity contribution in [3.8, 4) is 5.75 Å². The lowest BCUT2D eigenvalue weighted by Gasteiger charge is -2.00. The van der Waals surface area contributed by atoms with Crippen LogP contribution >= 0.6 is 0 Å². The molecule has 1 aliphatic heterocycles. The minimum absolute atomic E-state index is 0.565. The van der Waals surface area contributed by atoms with E-state index < -0.39 is 0 Å². The van der Waals surface area contributed by atoms with E-state index in [4.69, 9.17) is 9.78 Å². The van der Waals surface area contributed by atoms with Crippen molar-refractivity contribution in [1.29, 1.82) is 0 Å². The first-order chi connectivity index (χ1) is 5.90. The molecule has 1 aliphatic rings. The molecule has 0 fully saturated rings. The lowest BCUT2D eigenvalue weighted by molar-refractivity contribution is -0.194. The molecule has 0 atom stereocenters. The molecule has 0 spiro atoms. The zero-order chi connectivity index (χ0) is 8.39. The van der Waals surface area contributed by atoms with Gasteiger partial charge in [-0.2, -0.15) is 4.89 Å². The van der Waals surface area contributed by atoms with Gasteiger partial charge in [0.1, 0.15) is 6.61 Å². The lowest BCUT2D eigenvalue weighted by atomic mass is 10.1. The van der Waals surface area contributed by atoms with E-state index in [9.17, 15) is 0 Å². The smallest absolute Gasteiger partial charge is 0.171 e.